The Morgan fingerprint density at radius 3 is 2.61 bits per heavy atom. The van der Waals surface area contributed by atoms with Gasteiger partial charge < -0.3 is 0 Å². The number of hydrogen-bond donors (Lipinski definition) is 2. The number of halogens is 3. The largest absolute Gasteiger partial charge is 0.271 e. The molecule has 0 bridgehead atoms. The first-order chi connectivity index (χ1) is 8.65. The minimum atomic E-state index is -0.740. The molecule has 2 aromatic rings. The number of aromatic nitrogens is 1. The van der Waals surface area contributed by atoms with Gasteiger partial charge in [0, 0.05) is 11.8 Å². The Bertz CT molecular complexity index is 563. The third-order valence-corrected chi connectivity index (χ3v) is 2.97. The van der Waals surface area contributed by atoms with Gasteiger partial charge in [0.25, 0.3) is 0 Å². The molecule has 3 nitrogen and oxygen atoms in total. The number of nitrogens with zero attached hydrogens (tertiary/aromatic N) is 1. The predicted molar refractivity (Wildman–Crippen MR) is 64.8 cm³/mol. The summed E-state index contributed by atoms with van der Waals surface area (Å²) in [5.41, 5.74) is 3.04. The summed E-state index contributed by atoms with van der Waals surface area (Å²) in [5.74, 6) is 4.29. The van der Waals surface area contributed by atoms with Crippen LogP contribution in [-0.2, 0) is 0 Å². The molecule has 6 heteroatoms. The van der Waals surface area contributed by atoms with E-state index in [1.54, 1.807) is 6.07 Å². The third-order valence-electron chi connectivity index (χ3n) is 2.57. The van der Waals surface area contributed by atoms with Crippen molar-refractivity contribution in [3.63, 3.8) is 0 Å². The van der Waals surface area contributed by atoms with Gasteiger partial charge in [-0.15, -0.1) is 0 Å². The number of rotatable bonds is 3. The minimum absolute atomic E-state index is 0.0864. The number of pyridine rings is 1. The SMILES string of the molecule is NNC(c1ccncc1F)c1cccc(F)c1Cl. The molecule has 1 unspecified atom stereocenters. The Hall–Kier alpha value is -1.56. The monoisotopic (exact) mass is 269 g/mol. The van der Waals surface area contributed by atoms with Gasteiger partial charge in [-0.2, -0.15) is 0 Å². The fraction of sp³-hybridized carbons (Fsp3) is 0.0833. The van der Waals surface area contributed by atoms with Crippen molar-refractivity contribution >= 4 is 11.6 Å². The molecule has 0 saturated carbocycles. The highest BCUT2D eigenvalue weighted by Crippen LogP contribution is 2.30. The summed E-state index contributed by atoms with van der Waals surface area (Å²) in [6.07, 6.45) is 2.49. The van der Waals surface area contributed by atoms with Crippen LogP contribution in [0.15, 0.2) is 36.7 Å². The Balaban J connectivity index is 2.53. The molecule has 0 saturated heterocycles. The standard InChI is InChI=1S/C12H10ClF2N3/c13-11-8(2-1-3-9(11)14)12(18-16)7-4-5-17-6-10(7)15/h1-6,12,18H,16H2. The summed E-state index contributed by atoms with van der Waals surface area (Å²) in [5, 5.41) is -0.0864. The van der Waals surface area contributed by atoms with Gasteiger partial charge in [0.1, 0.15) is 11.6 Å². The second-order valence-corrected chi connectivity index (χ2v) is 4.02. The molecule has 0 fully saturated rings. The van der Waals surface area contributed by atoms with Gasteiger partial charge in [-0.25, -0.2) is 14.2 Å². The molecule has 2 rings (SSSR count). The predicted octanol–water partition coefficient (Wildman–Crippen LogP) is 2.57. The van der Waals surface area contributed by atoms with Crippen LogP contribution < -0.4 is 11.3 Å². The van der Waals surface area contributed by atoms with Crippen molar-refractivity contribution in [3.8, 4) is 0 Å². The minimum Gasteiger partial charge on any atom is -0.271 e. The average Bonchev–Trinajstić information content (AvgIpc) is 2.37. The molecule has 0 amide bonds. The molecule has 0 spiro atoms. The van der Waals surface area contributed by atoms with Crippen molar-refractivity contribution in [3.05, 3.63) is 64.4 Å². The number of benzene rings is 1. The zero-order chi connectivity index (χ0) is 13.1. The second kappa shape index (κ2) is 5.39. The molecule has 0 radical (unpaired) electrons. The van der Waals surface area contributed by atoms with Crippen LogP contribution in [0.4, 0.5) is 8.78 Å². The summed E-state index contributed by atoms with van der Waals surface area (Å²) in [6, 6.07) is 5.01. The number of nitrogens with one attached hydrogen (secondary N) is 1. The maximum absolute atomic E-state index is 13.6. The number of hydrogen-bond acceptors (Lipinski definition) is 3. The molecular weight excluding hydrogens is 260 g/mol. The highest BCUT2D eigenvalue weighted by Gasteiger charge is 2.20. The molecular formula is C12H10ClF2N3. The van der Waals surface area contributed by atoms with Crippen molar-refractivity contribution in [2.45, 2.75) is 6.04 Å². The van der Waals surface area contributed by atoms with E-state index in [2.05, 4.69) is 10.4 Å². The maximum Gasteiger partial charge on any atom is 0.146 e. The number of hydrazine groups is 1. The van der Waals surface area contributed by atoms with E-state index in [0.29, 0.717) is 5.56 Å². The van der Waals surface area contributed by atoms with Gasteiger partial charge in [0.15, 0.2) is 0 Å². The van der Waals surface area contributed by atoms with Gasteiger partial charge in [-0.05, 0) is 17.7 Å². The van der Waals surface area contributed by atoms with Gasteiger partial charge in [0.2, 0.25) is 0 Å². The molecule has 0 aliphatic carbocycles. The fourth-order valence-corrected chi connectivity index (χ4v) is 1.95. The van der Waals surface area contributed by atoms with Crippen LogP contribution >= 0.6 is 11.6 Å². The van der Waals surface area contributed by atoms with Crippen LogP contribution in [0.25, 0.3) is 0 Å². The van der Waals surface area contributed by atoms with Crippen molar-refractivity contribution in [1.82, 2.24) is 10.4 Å². The lowest BCUT2D eigenvalue weighted by atomic mass is 9.99. The summed E-state index contributed by atoms with van der Waals surface area (Å²) < 4.78 is 27.0. The number of nitrogens with two attached hydrogens (primary N) is 1. The molecule has 1 atom stereocenters. The van der Waals surface area contributed by atoms with Crippen molar-refractivity contribution < 1.29 is 8.78 Å². The van der Waals surface area contributed by atoms with Crippen molar-refractivity contribution in [1.29, 1.82) is 0 Å². The van der Waals surface area contributed by atoms with E-state index in [1.165, 1.54) is 24.4 Å². The van der Waals surface area contributed by atoms with Crippen molar-refractivity contribution in [2.75, 3.05) is 0 Å². The summed E-state index contributed by atoms with van der Waals surface area (Å²) in [7, 11) is 0. The quantitative estimate of drug-likeness (QED) is 0.665. The van der Waals surface area contributed by atoms with Crippen molar-refractivity contribution in [2.24, 2.45) is 5.84 Å². The highest BCUT2D eigenvalue weighted by molar-refractivity contribution is 6.31. The van der Waals surface area contributed by atoms with E-state index < -0.39 is 17.7 Å². The van der Waals surface area contributed by atoms with Crippen LogP contribution in [-0.4, -0.2) is 4.98 Å². The van der Waals surface area contributed by atoms with Crippen LogP contribution in [0.3, 0.4) is 0 Å². The summed E-state index contributed by atoms with van der Waals surface area (Å²) >= 11 is 5.86. The molecule has 18 heavy (non-hydrogen) atoms. The molecule has 1 aromatic heterocycles. The first-order valence-corrected chi connectivity index (χ1v) is 5.52. The molecule has 3 N–H and O–H groups in total. The maximum atomic E-state index is 13.6. The molecule has 0 aliphatic heterocycles. The topological polar surface area (TPSA) is 50.9 Å². The van der Waals surface area contributed by atoms with Gasteiger partial charge in [-0.1, -0.05) is 23.7 Å². The first kappa shape index (κ1) is 12.9. The Kier molecular flexibility index (Phi) is 3.86. The fourth-order valence-electron chi connectivity index (χ4n) is 1.71. The van der Waals surface area contributed by atoms with Gasteiger partial charge in [0.05, 0.1) is 17.3 Å². The molecule has 94 valence electrons. The third kappa shape index (κ3) is 2.33. The zero-order valence-corrected chi connectivity index (χ0v) is 9.96. The van der Waals surface area contributed by atoms with Crippen LogP contribution in [0.2, 0.25) is 5.02 Å². The summed E-state index contributed by atoms with van der Waals surface area (Å²) in [4.78, 5) is 3.64. The normalized spacial score (nSPS) is 12.4. The van der Waals surface area contributed by atoms with Gasteiger partial charge in [-0.3, -0.25) is 10.8 Å². The summed E-state index contributed by atoms with van der Waals surface area (Å²) in [6.45, 7) is 0. The molecule has 0 aliphatic rings. The molecule has 1 aromatic carbocycles. The smallest absolute Gasteiger partial charge is 0.146 e. The van der Waals surface area contributed by atoms with E-state index in [-0.39, 0.29) is 10.6 Å². The van der Waals surface area contributed by atoms with Crippen LogP contribution in [0, 0.1) is 11.6 Å². The van der Waals surface area contributed by atoms with E-state index in [4.69, 9.17) is 17.4 Å². The van der Waals surface area contributed by atoms with E-state index >= 15 is 0 Å². The lowest BCUT2D eigenvalue weighted by molar-refractivity contribution is 0.552. The Morgan fingerprint density at radius 2 is 1.94 bits per heavy atom. The lowest BCUT2D eigenvalue weighted by Gasteiger charge is -2.18. The first-order valence-electron chi connectivity index (χ1n) is 5.14. The average molecular weight is 270 g/mol. The van der Waals surface area contributed by atoms with Crippen LogP contribution in [0.5, 0.6) is 0 Å². The lowest BCUT2D eigenvalue weighted by Crippen LogP contribution is -2.30. The Labute approximate surface area is 108 Å². The zero-order valence-electron chi connectivity index (χ0n) is 9.20. The highest BCUT2D eigenvalue weighted by atomic mass is 35.5. The van der Waals surface area contributed by atoms with E-state index in [0.717, 1.165) is 6.20 Å². The Morgan fingerprint density at radius 1 is 1.17 bits per heavy atom. The van der Waals surface area contributed by atoms with E-state index in [1.807, 2.05) is 0 Å². The van der Waals surface area contributed by atoms with Gasteiger partial charge >= 0.3 is 0 Å². The van der Waals surface area contributed by atoms with Crippen LogP contribution in [0.1, 0.15) is 17.2 Å². The van der Waals surface area contributed by atoms with E-state index in [9.17, 15) is 8.78 Å². The second-order valence-electron chi connectivity index (χ2n) is 3.64. The molecule has 1 heterocycles.